The maximum absolute atomic E-state index is 11.7. The van der Waals surface area contributed by atoms with Gasteiger partial charge in [-0.1, -0.05) is 18.2 Å². The molecule has 0 aliphatic heterocycles. The number of nitrogens with zero attached hydrogens (tertiary/aromatic N) is 1. The van der Waals surface area contributed by atoms with Gasteiger partial charge in [-0.3, -0.25) is 4.99 Å². The number of ether oxygens (including phenoxy) is 1. The molecule has 27 heavy (non-hydrogen) atoms. The number of fused-ring (bicyclic) bond motifs is 1. The van der Waals surface area contributed by atoms with Crippen molar-refractivity contribution in [2.45, 2.75) is 26.3 Å². The molecule has 6 heteroatoms. The Morgan fingerprint density at radius 2 is 1.85 bits per heavy atom. The van der Waals surface area contributed by atoms with Crippen LogP contribution in [0.4, 0.5) is 5.69 Å². The smallest absolute Gasteiger partial charge is 0.337 e. The molecule has 0 bridgehead atoms. The Balaban J connectivity index is 2.00. The second-order valence-electron chi connectivity index (χ2n) is 7.07. The Hall–Kier alpha value is -3.12. The summed E-state index contributed by atoms with van der Waals surface area (Å²) in [6.45, 7) is 5.73. The monoisotopic (exact) mass is 365 g/mol. The zero-order valence-corrected chi connectivity index (χ0v) is 15.8. The molecular weight excluding hydrogens is 342 g/mol. The molecule has 0 saturated heterocycles. The molecule has 3 aromatic rings. The van der Waals surface area contributed by atoms with Crippen LogP contribution >= 0.6 is 0 Å². The van der Waals surface area contributed by atoms with E-state index in [1.165, 1.54) is 7.11 Å². The van der Waals surface area contributed by atoms with Crippen LogP contribution in [-0.4, -0.2) is 28.9 Å². The van der Waals surface area contributed by atoms with Crippen molar-refractivity contribution in [3.05, 3.63) is 59.2 Å². The number of esters is 1. The summed E-state index contributed by atoms with van der Waals surface area (Å²) in [6, 6.07) is 12.8. The average molecular weight is 365 g/mol. The summed E-state index contributed by atoms with van der Waals surface area (Å²) in [5.74, 6) is -0.422. The maximum atomic E-state index is 11.7. The van der Waals surface area contributed by atoms with Crippen LogP contribution in [0.1, 0.15) is 42.3 Å². The molecule has 140 valence electrons. The van der Waals surface area contributed by atoms with Crippen molar-refractivity contribution in [3.63, 3.8) is 0 Å². The summed E-state index contributed by atoms with van der Waals surface area (Å²) < 4.78 is 4.73. The molecule has 4 N–H and O–H groups in total. The van der Waals surface area contributed by atoms with Gasteiger partial charge in [-0.2, -0.15) is 0 Å². The molecule has 0 aliphatic carbocycles. The normalized spacial score (nSPS) is 12.4. The second kappa shape index (κ2) is 6.89. The minimum absolute atomic E-state index is 0.00739. The molecule has 0 amide bonds. The van der Waals surface area contributed by atoms with E-state index in [4.69, 9.17) is 10.5 Å². The van der Waals surface area contributed by atoms with Gasteiger partial charge in [0.1, 0.15) is 0 Å². The number of hydrogen-bond donors (Lipinski definition) is 3. The molecular formula is C21H23N3O3. The van der Waals surface area contributed by atoms with Gasteiger partial charge in [0, 0.05) is 16.4 Å². The SMILES string of the molecule is COC(=O)c1ccc2c(C(C)=Nc3ccc(C(C)(C)N)cc3)c(O)[nH]c2c1. The summed E-state index contributed by atoms with van der Waals surface area (Å²) in [4.78, 5) is 19.2. The van der Waals surface area contributed by atoms with E-state index in [1.54, 1.807) is 18.2 Å². The predicted octanol–water partition coefficient (Wildman–Crippen LogP) is 3.99. The molecule has 0 aliphatic rings. The Morgan fingerprint density at radius 1 is 1.19 bits per heavy atom. The lowest BCUT2D eigenvalue weighted by Gasteiger charge is -2.18. The largest absolute Gasteiger partial charge is 0.494 e. The van der Waals surface area contributed by atoms with Crippen molar-refractivity contribution in [1.29, 1.82) is 0 Å². The summed E-state index contributed by atoms with van der Waals surface area (Å²) in [5.41, 5.74) is 9.78. The van der Waals surface area contributed by atoms with Crippen molar-refractivity contribution in [2.75, 3.05) is 7.11 Å². The van der Waals surface area contributed by atoms with Crippen LogP contribution in [0.25, 0.3) is 10.9 Å². The summed E-state index contributed by atoms with van der Waals surface area (Å²) in [5, 5.41) is 11.1. The molecule has 6 nitrogen and oxygen atoms in total. The molecule has 3 rings (SSSR count). The van der Waals surface area contributed by atoms with Crippen molar-refractivity contribution in [1.82, 2.24) is 4.98 Å². The Morgan fingerprint density at radius 3 is 2.44 bits per heavy atom. The van der Waals surface area contributed by atoms with Gasteiger partial charge in [-0.25, -0.2) is 4.79 Å². The number of carbonyl (C=O) groups is 1. The third kappa shape index (κ3) is 3.71. The molecule has 0 fully saturated rings. The van der Waals surface area contributed by atoms with Gasteiger partial charge in [0.2, 0.25) is 0 Å². The highest BCUT2D eigenvalue weighted by Crippen LogP contribution is 2.30. The summed E-state index contributed by atoms with van der Waals surface area (Å²) in [6.07, 6.45) is 0. The number of nitrogens with one attached hydrogen (secondary N) is 1. The van der Waals surface area contributed by atoms with E-state index in [1.807, 2.05) is 45.0 Å². The van der Waals surface area contributed by atoms with E-state index >= 15 is 0 Å². The van der Waals surface area contributed by atoms with E-state index in [0.29, 0.717) is 22.4 Å². The van der Waals surface area contributed by atoms with Gasteiger partial charge in [0.05, 0.1) is 29.6 Å². The number of aliphatic imine (C=N–C) groups is 1. The first-order valence-electron chi connectivity index (χ1n) is 8.59. The second-order valence-corrected chi connectivity index (χ2v) is 7.07. The lowest BCUT2D eigenvalue weighted by atomic mass is 9.96. The molecule has 0 saturated carbocycles. The average Bonchev–Trinajstić information content (AvgIpc) is 2.95. The van der Waals surface area contributed by atoms with Crippen LogP contribution in [0.15, 0.2) is 47.5 Å². The molecule has 0 spiro atoms. The van der Waals surface area contributed by atoms with Gasteiger partial charge in [-0.05, 0) is 50.6 Å². The van der Waals surface area contributed by atoms with Crippen LogP contribution in [0.3, 0.4) is 0 Å². The van der Waals surface area contributed by atoms with Crippen molar-refractivity contribution >= 4 is 28.3 Å². The number of methoxy groups -OCH3 is 1. The predicted molar refractivity (Wildman–Crippen MR) is 107 cm³/mol. The van der Waals surface area contributed by atoms with Gasteiger partial charge in [-0.15, -0.1) is 0 Å². The van der Waals surface area contributed by atoms with E-state index in [0.717, 1.165) is 16.6 Å². The summed E-state index contributed by atoms with van der Waals surface area (Å²) >= 11 is 0. The Labute approximate surface area is 157 Å². The van der Waals surface area contributed by atoms with Gasteiger partial charge < -0.3 is 20.6 Å². The lowest BCUT2D eigenvalue weighted by Crippen LogP contribution is -2.28. The quantitative estimate of drug-likeness (QED) is 0.480. The molecule has 1 heterocycles. The zero-order chi connectivity index (χ0) is 19.8. The molecule has 0 unspecified atom stereocenters. The van der Waals surface area contributed by atoms with Gasteiger partial charge >= 0.3 is 5.97 Å². The zero-order valence-electron chi connectivity index (χ0n) is 15.8. The fourth-order valence-electron chi connectivity index (χ4n) is 3.01. The number of nitrogens with two attached hydrogens (primary N) is 1. The van der Waals surface area contributed by atoms with Crippen molar-refractivity contribution < 1.29 is 14.6 Å². The summed E-state index contributed by atoms with van der Waals surface area (Å²) in [7, 11) is 1.33. The molecule has 1 aromatic heterocycles. The van der Waals surface area contributed by atoms with E-state index in [9.17, 15) is 9.90 Å². The minimum atomic E-state index is -0.430. The molecule has 0 radical (unpaired) electrons. The van der Waals surface area contributed by atoms with Gasteiger partial charge in [0.25, 0.3) is 0 Å². The molecule has 0 atom stereocenters. The number of hydrogen-bond acceptors (Lipinski definition) is 5. The first kappa shape index (κ1) is 18.7. The van der Waals surface area contributed by atoms with Crippen LogP contribution in [0.5, 0.6) is 5.88 Å². The van der Waals surface area contributed by atoms with Crippen LogP contribution in [-0.2, 0) is 10.3 Å². The highest BCUT2D eigenvalue weighted by Gasteiger charge is 2.16. The standard InChI is InChI=1S/C21H23N3O3/c1-12(23-15-8-6-14(7-9-15)21(2,3)22)18-16-10-5-13(20(26)27-4)11-17(16)24-19(18)25/h5-11,24-25H,22H2,1-4H3. The number of H-pyrrole nitrogens is 1. The first-order chi connectivity index (χ1) is 12.7. The van der Waals surface area contributed by atoms with Crippen LogP contribution in [0.2, 0.25) is 0 Å². The first-order valence-corrected chi connectivity index (χ1v) is 8.59. The van der Waals surface area contributed by atoms with E-state index in [-0.39, 0.29) is 5.88 Å². The number of aromatic hydroxyl groups is 1. The van der Waals surface area contributed by atoms with E-state index in [2.05, 4.69) is 9.98 Å². The number of carbonyl (C=O) groups excluding carboxylic acids is 1. The maximum Gasteiger partial charge on any atom is 0.337 e. The van der Waals surface area contributed by atoms with Gasteiger partial charge in [0.15, 0.2) is 5.88 Å². The fourth-order valence-corrected chi connectivity index (χ4v) is 3.01. The Kier molecular flexibility index (Phi) is 4.76. The minimum Gasteiger partial charge on any atom is -0.494 e. The molecule has 2 aromatic carbocycles. The Bertz CT molecular complexity index is 1030. The topological polar surface area (TPSA) is 101 Å². The fraction of sp³-hybridized carbons (Fsp3) is 0.238. The number of rotatable bonds is 4. The van der Waals surface area contributed by atoms with Crippen molar-refractivity contribution in [3.8, 4) is 5.88 Å². The third-order valence-corrected chi connectivity index (χ3v) is 4.47. The highest BCUT2D eigenvalue weighted by molar-refractivity contribution is 6.13. The number of aromatic amines is 1. The van der Waals surface area contributed by atoms with Crippen molar-refractivity contribution in [2.24, 2.45) is 10.7 Å². The van der Waals surface area contributed by atoms with E-state index < -0.39 is 11.5 Å². The van der Waals surface area contributed by atoms with Crippen LogP contribution < -0.4 is 5.73 Å². The highest BCUT2D eigenvalue weighted by atomic mass is 16.5. The number of aromatic nitrogens is 1. The lowest BCUT2D eigenvalue weighted by molar-refractivity contribution is 0.0601. The van der Waals surface area contributed by atoms with Crippen LogP contribution in [0, 0.1) is 0 Å². The third-order valence-electron chi connectivity index (χ3n) is 4.47. The number of benzene rings is 2.